The highest BCUT2D eigenvalue weighted by Gasteiger charge is 2.20. The lowest BCUT2D eigenvalue weighted by Gasteiger charge is -2.11. The minimum atomic E-state index is 0.343. The predicted molar refractivity (Wildman–Crippen MR) is 70.1 cm³/mol. The predicted octanol–water partition coefficient (Wildman–Crippen LogP) is 2.56. The molecule has 0 radical (unpaired) electrons. The Balaban J connectivity index is 2.24. The number of nitriles is 1. The van der Waals surface area contributed by atoms with E-state index in [2.05, 4.69) is 17.1 Å². The van der Waals surface area contributed by atoms with Crippen LogP contribution in [0.3, 0.4) is 0 Å². The summed E-state index contributed by atoms with van der Waals surface area (Å²) in [6.45, 7) is 0.691. The summed E-state index contributed by atoms with van der Waals surface area (Å²) in [5, 5.41) is 9.33. The number of pyridine rings is 1. The smallest absolute Gasteiger partial charge is 0.232 e. The molecule has 19 heavy (non-hydrogen) atoms. The van der Waals surface area contributed by atoms with Gasteiger partial charge in [0, 0.05) is 23.7 Å². The van der Waals surface area contributed by atoms with Gasteiger partial charge in [-0.2, -0.15) is 5.26 Å². The van der Waals surface area contributed by atoms with Crippen molar-refractivity contribution in [3.8, 4) is 28.8 Å². The maximum atomic E-state index is 9.33. The topological polar surface area (TPSA) is 55.1 Å². The average molecular weight is 252 g/mol. The second kappa shape index (κ2) is 4.62. The zero-order chi connectivity index (χ0) is 13.2. The Morgan fingerprint density at radius 1 is 1.32 bits per heavy atom. The maximum Gasteiger partial charge on any atom is 0.232 e. The van der Waals surface area contributed by atoms with Crippen LogP contribution in [0.5, 0.6) is 11.6 Å². The van der Waals surface area contributed by atoms with Gasteiger partial charge in [0.05, 0.1) is 13.7 Å². The third-order valence-corrected chi connectivity index (χ3v) is 3.23. The van der Waals surface area contributed by atoms with Crippen molar-refractivity contribution in [2.75, 3.05) is 13.7 Å². The van der Waals surface area contributed by atoms with Crippen molar-refractivity contribution in [2.24, 2.45) is 0 Å². The highest BCUT2D eigenvalue weighted by Crippen LogP contribution is 2.39. The van der Waals surface area contributed by atoms with Crippen LogP contribution in [0.2, 0.25) is 0 Å². The highest BCUT2D eigenvalue weighted by molar-refractivity contribution is 5.78. The van der Waals surface area contributed by atoms with Crippen molar-refractivity contribution in [1.82, 2.24) is 4.98 Å². The van der Waals surface area contributed by atoms with Crippen LogP contribution in [0.1, 0.15) is 11.1 Å². The fraction of sp³-hybridized carbons (Fsp3) is 0.200. The lowest BCUT2D eigenvalue weighted by Crippen LogP contribution is -1.96. The molecule has 1 aliphatic heterocycles. The molecule has 0 amide bonds. The number of aromatic nitrogens is 1. The Morgan fingerprint density at radius 2 is 2.21 bits per heavy atom. The second-order valence-electron chi connectivity index (χ2n) is 4.25. The van der Waals surface area contributed by atoms with E-state index in [0.717, 1.165) is 23.3 Å². The Hall–Kier alpha value is -2.54. The van der Waals surface area contributed by atoms with Gasteiger partial charge in [0.15, 0.2) is 0 Å². The summed E-state index contributed by atoms with van der Waals surface area (Å²) in [5.41, 5.74) is 3.34. The van der Waals surface area contributed by atoms with E-state index in [1.807, 2.05) is 18.2 Å². The number of benzene rings is 1. The molecule has 1 aliphatic rings. The van der Waals surface area contributed by atoms with Crippen molar-refractivity contribution in [3.05, 3.63) is 41.6 Å². The van der Waals surface area contributed by atoms with Crippen molar-refractivity contribution < 1.29 is 9.47 Å². The number of ether oxygens (including phenoxy) is 2. The Bertz CT molecular complexity index is 674. The van der Waals surface area contributed by atoms with Gasteiger partial charge in [0.2, 0.25) is 5.88 Å². The van der Waals surface area contributed by atoms with E-state index in [4.69, 9.17) is 9.47 Å². The largest absolute Gasteiger partial charge is 0.492 e. The first-order chi connectivity index (χ1) is 9.35. The maximum absolute atomic E-state index is 9.33. The molecule has 3 rings (SSSR count). The van der Waals surface area contributed by atoms with Crippen LogP contribution in [-0.2, 0) is 6.42 Å². The first kappa shape index (κ1) is 11.5. The van der Waals surface area contributed by atoms with E-state index in [1.54, 1.807) is 6.20 Å². The second-order valence-corrected chi connectivity index (χ2v) is 4.25. The number of methoxy groups -OCH3 is 1. The summed E-state index contributed by atoms with van der Waals surface area (Å²) in [6, 6.07) is 9.97. The van der Waals surface area contributed by atoms with E-state index in [1.165, 1.54) is 12.7 Å². The summed E-state index contributed by atoms with van der Waals surface area (Å²) in [5.74, 6) is 1.21. The van der Waals surface area contributed by atoms with Crippen LogP contribution >= 0.6 is 0 Å². The lowest BCUT2D eigenvalue weighted by atomic mass is 9.98. The number of hydrogen-bond acceptors (Lipinski definition) is 4. The summed E-state index contributed by atoms with van der Waals surface area (Å²) in [4.78, 5) is 4.06. The van der Waals surface area contributed by atoms with Gasteiger partial charge >= 0.3 is 0 Å². The van der Waals surface area contributed by atoms with E-state index in [9.17, 15) is 5.26 Å². The zero-order valence-corrected chi connectivity index (χ0v) is 10.5. The molecule has 2 aromatic rings. The van der Waals surface area contributed by atoms with E-state index in [0.29, 0.717) is 18.1 Å². The number of para-hydroxylation sites is 1. The number of nitrogens with zero attached hydrogens (tertiary/aromatic N) is 2. The Morgan fingerprint density at radius 3 is 3.00 bits per heavy atom. The van der Waals surface area contributed by atoms with Crippen molar-refractivity contribution >= 4 is 0 Å². The summed E-state index contributed by atoms with van der Waals surface area (Å²) < 4.78 is 10.8. The molecule has 0 aliphatic carbocycles. The molecule has 0 fully saturated rings. The standard InChI is InChI=1S/C15H12N2O2/c1-18-15-13(9-16)11(5-7-17-15)12-4-2-3-10-6-8-19-14(10)12/h2-5,7H,6,8H2,1H3. The molecule has 1 aromatic heterocycles. The quantitative estimate of drug-likeness (QED) is 0.824. The number of rotatable bonds is 2. The van der Waals surface area contributed by atoms with Crippen molar-refractivity contribution in [2.45, 2.75) is 6.42 Å². The molecule has 4 nitrogen and oxygen atoms in total. The molecular formula is C15H12N2O2. The normalized spacial score (nSPS) is 12.4. The van der Waals surface area contributed by atoms with Crippen LogP contribution in [0, 0.1) is 11.3 Å². The Kier molecular flexibility index (Phi) is 2.81. The molecule has 4 heteroatoms. The van der Waals surface area contributed by atoms with Crippen LogP contribution in [0.25, 0.3) is 11.1 Å². The van der Waals surface area contributed by atoms with E-state index in [-0.39, 0.29) is 0 Å². The van der Waals surface area contributed by atoms with Crippen molar-refractivity contribution in [3.63, 3.8) is 0 Å². The lowest BCUT2D eigenvalue weighted by molar-refractivity contribution is 0.358. The van der Waals surface area contributed by atoms with Gasteiger partial charge in [0.1, 0.15) is 17.4 Å². The summed E-state index contributed by atoms with van der Waals surface area (Å²) in [7, 11) is 1.51. The average Bonchev–Trinajstić information content (AvgIpc) is 2.94. The summed E-state index contributed by atoms with van der Waals surface area (Å²) >= 11 is 0. The number of fused-ring (bicyclic) bond motifs is 1. The molecule has 0 saturated heterocycles. The molecule has 0 spiro atoms. The SMILES string of the molecule is COc1nccc(-c2cccc3c2OCC3)c1C#N. The first-order valence-electron chi connectivity index (χ1n) is 6.03. The van der Waals surface area contributed by atoms with Crippen LogP contribution in [0.15, 0.2) is 30.5 Å². The van der Waals surface area contributed by atoms with Gasteiger partial charge in [-0.15, -0.1) is 0 Å². The van der Waals surface area contributed by atoms with Gasteiger partial charge in [-0.3, -0.25) is 0 Å². The minimum Gasteiger partial charge on any atom is -0.492 e. The zero-order valence-electron chi connectivity index (χ0n) is 10.5. The summed E-state index contributed by atoms with van der Waals surface area (Å²) in [6.07, 6.45) is 2.55. The monoisotopic (exact) mass is 252 g/mol. The van der Waals surface area contributed by atoms with Gasteiger partial charge in [0.25, 0.3) is 0 Å². The molecule has 94 valence electrons. The molecule has 1 aromatic carbocycles. The van der Waals surface area contributed by atoms with Crippen molar-refractivity contribution in [1.29, 1.82) is 5.26 Å². The third kappa shape index (κ3) is 1.80. The first-order valence-corrected chi connectivity index (χ1v) is 6.03. The molecule has 2 heterocycles. The molecule has 0 atom stereocenters. The van der Waals surface area contributed by atoms with Gasteiger partial charge in [-0.25, -0.2) is 4.98 Å². The van der Waals surface area contributed by atoms with Crippen LogP contribution < -0.4 is 9.47 Å². The van der Waals surface area contributed by atoms with E-state index < -0.39 is 0 Å². The van der Waals surface area contributed by atoms with Crippen LogP contribution in [0.4, 0.5) is 0 Å². The minimum absolute atomic E-state index is 0.343. The molecular weight excluding hydrogens is 240 g/mol. The number of hydrogen-bond donors (Lipinski definition) is 0. The molecule has 0 N–H and O–H groups in total. The highest BCUT2D eigenvalue weighted by atomic mass is 16.5. The molecule has 0 bridgehead atoms. The van der Waals surface area contributed by atoms with Gasteiger partial charge in [-0.05, 0) is 11.6 Å². The van der Waals surface area contributed by atoms with E-state index >= 15 is 0 Å². The molecule has 0 saturated carbocycles. The fourth-order valence-corrected chi connectivity index (χ4v) is 2.36. The van der Waals surface area contributed by atoms with Gasteiger partial charge < -0.3 is 9.47 Å². The van der Waals surface area contributed by atoms with Crippen LogP contribution in [-0.4, -0.2) is 18.7 Å². The Labute approximate surface area is 111 Å². The third-order valence-electron chi connectivity index (χ3n) is 3.23. The van der Waals surface area contributed by atoms with Gasteiger partial charge in [-0.1, -0.05) is 18.2 Å². The fourth-order valence-electron chi connectivity index (χ4n) is 2.36. The molecule has 0 unspecified atom stereocenters.